The van der Waals surface area contributed by atoms with Crippen LogP contribution in [0.1, 0.15) is 32.1 Å². The average Bonchev–Trinajstić information content (AvgIpc) is 2.34. The van der Waals surface area contributed by atoms with E-state index in [1.807, 2.05) is 0 Å². The van der Waals surface area contributed by atoms with Crippen LogP contribution in [-0.4, -0.2) is 48.7 Å². The first-order valence-electron chi connectivity index (χ1n) is 6.12. The van der Waals surface area contributed by atoms with Crippen LogP contribution in [0.4, 0.5) is 0 Å². The van der Waals surface area contributed by atoms with Crippen LogP contribution < -0.4 is 0 Å². The molecule has 0 aromatic carbocycles. The SMILES string of the molecule is COCCC1CCN(C(=O)CCC(=O)O)CC1. The number of aliphatic carboxylic acids is 1. The summed E-state index contributed by atoms with van der Waals surface area (Å²) >= 11 is 0. The maximum absolute atomic E-state index is 11.7. The van der Waals surface area contributed by atoms with Crippen molar-refractivity contribution in [3.8, 4) is 0 Å². The molecule has 1 aliphatic rings. The van der Waals surface area contributed by atoms with E-state index in [4.69, 9.17) is 9.84 Å². The topological polar surface area (TPSA) is 66.8 Å². The third kappa shape index (κ3) is 5.17. The molecule has 0 aliphatic carbocycles. The Bertz CT molecular complexity index is 259. The second kappa shape index (κ2) is 7.27. The number of methoxy groups -OCH3 is 1. The Morgan fingerprint density at radius 1 is 1.29 bits per heavy atom. The normalized spacial score (nSPS) is 17.1. The Morgan fingerprint density at radius 3 is 2.47 bits per heavy atom. The Balaban J connectivity index is 2.21. The first-order chi connectivity index (χ1) is 8.13. The smallest absolute Gasteiger partial charge is 0.303 e. The van der Waals surface area contributed by atoms with Gasteiger partial charge in [-0.25, -0.2) is 0 Å². The zero-order valence-electron chi connectivity index (χ0n) is 10.4. The number of ether oxygens (including phenoxy) is 1. The van der Waals surface area contributed by atoms with E-state index in [-0.39, 0.29) is 18.7 Å². The zero-order chi connectivity index (χ0) is 12.7. The first kappa shape index (κ1) is 14.0. The largest absolute Gasteiger partial charge is 0.481 e. The van der Waals surface area contributed by atoms with E-state index in [1.165, 1.54) is 0 Å². The molecule has 0 unspecified atom stereocenters. The van der Waals surface area contributed by atoms with Gasteiger partial charge < -0.3 is 14.7 Å². The summed E-state index contributed by atoms with van der Waals surface area (Å²) < 4.78 is 5.04. The number of carboxylic acids is 1. The van der Waals surface area contributed by atoms with Gasteiger partial charge in [0.15, 0.2) is 0 Å². The van der Waals surface area contributed by atoms with Gasteiger partial charge in [0.1, 0.15) is 0 Å². The molecule has 0 aromatic heterocycles. The van der Waals surface area contributed by atoms with Gasteiger partial charge in [-0.05, 0) is 25.2 Å². The van der Waals surface area contributed by atoms with Crippen molar-refractivity contribution in [2.45, 2.75) is 32.1 Å². The van der Waals surface area contributed by atoms with Gasteiger partial charge in [0.2, 0.25) is 5.91 Å². The Morgan fingerprint density at radius 2 is 1.94 bits per heavy atom. The van der Waals surface area contributed by atoms with E-state index in [1.54, 1.807) is 12.0 Å². The molecule has 1 N–H and O–H groups in total. The van der Waals surface area contributed by atoms with E-state index in [0.717, 1.165) is 39.0 Å². The minimum atomic E-state index is -0.909. The maximum atomic E-state index is 11.7. The molecule has 5 heteroatoms. The highest BCUT2D eigenvalue weighted by Gasteiger charge is 2.22. The predicted octanol–water partition coefficient (Wildman–Crippen LogP) is 1.13. The van der Waals surface area contributed by atoms with Gasteiger partial charge in [0.05, 0.1) is 6.42 Å². The molecule has 1 aliphatic heterocycles. The predicted molar refractivity (Wildman–Crippen MR) is 62.7 cm³/mol. The summed E-state index contributed by atoms with van der Waals surface area (Å²) in [5.74, 6) is -0.301. The summed E-state index contributed by atoms with van der Waals surface area (Å²) in [6, 6.07) is 0. The standard InChI is InChI=1S/C12H21NO4/c1-17-9-6-10-4-7-13(8-5-10)11(14)2-3-12(15)16/h10H,2-9H2,1H3,(H,15,16). The number of amides is 1. The van der Waals surface area contributed by atoms with Gasteiger partial charge in [-0.3, -0.25) is 9.59 Å². The van der Waals surface area contributed by atoms with Crippen molar-refractivity contribution in [2.24, 2.45) is 5.92 Å². The summed E-state index contributed by atoms with van der Waals surface area (Å²) in [7, 11) is 1.70. The Kier molecular flexibility index (Phi) is 5.97. The molecule has 0 saturated carbocycles. The van der Waals surface area contributed by atoms with Crippen molar-refractivity contribution in [3.05, 3.63) is 0 Å². The third-order valence-corrected chi connectivity index (χ3v) is 3.25. The summed E-state index contributed by atoms with van der Waals surface area (Å²) in [6.07, 6.45) is 3.11. The van der Waals surface area contributed by atoms with E-state index >= 15 is 0 Å². The van der Waals surface area contributed by atoms with Crippen molar-refractivity contribution in [2.75, 3.05) is 26.8 Å². The highest BCUT2D eigenvalue weighted by atomic mass is 16.5. The van der Waals surface area contributed by atoms with Crippen molar-refractivity contribution in [3.63, 3.8) is 0 Å². The van der Waals surface area contributed by atoms with Gasteiger partial charge >= 0.3 is 5.97 Å². The van der Waals surface area contributed by atoms with E-state index in [0.29, 0.717) is 5.92 Å². The Labute approximate surface area is 102 Å². The summed E-state index contributed by atoms with van der Waals surface area (Å²) in [5.41, 5.74) is 0. The lowest BCUT2D eigenvalue weighted by molar-refractivity contribution is -0.141. The number of likely N-dealkylation sites (tertiary alicyclic amines) is 1. The van der Waals surface area contributed by atoms with Crippen LogP contribution in [0.3, 0.4) is 0 Å². The van der Waals surface area contributed by atoms with Gasteiger partial charge in [-0.2, -0.15) is 0 Å². The second-order valence-corrected chi connectivity index (χ2v) is 4.50. The number of hydrogen-bond acceptors (Lipinski definition) is 3. The van der Waals surface area contributed by atoms with Crippen LogP contribution in [0.2, 0.25) is 0 Å². The lowest BCUT2D eigenvalue weighted by atomic mass is 9.94. The second-order valence-electron chi connectivity index (χ2n) is 4.50. The number of carbonyl (C=O) groups excluding carboxylic acids is 1. The number of nitrogens with zero attached hydrogens (tertiary/aromatic N) is 1. The molecule has 98 valence electrons. The molecule has 0 bridgehead atoms. The fourth-order valence-electron chi connectivity index (χ4n) is 2.13. The average molecular weight is 243 g/mol. The monoisotopic (exact) mass is 243 g/mol. The highest BCUT2D eigenvalue weighted by Crippen LogP contribution is 2.21. The maximum Gasteiger partial charge on any atom is 0.303 e. The molecule has 1 amide bonds. The molecular weight excluding hydrogens is 222 g/mol. The molecule has 1 saturated heterocycles. The molecule has 0 atom stereocenters. The molecule has 1 rings (SSSR count). The van der Waals surface area contributed by atoms with Gasteiger partial charge in [-0.1, -0.05) is 0 Å². The van der Waals surface area contributed by atoms with Crippen LogP contribution in [0.5, 0.6) is 0 Å². The number of carboxylic acid groups (broad SMARTS) is 1. The molecule has 0 spiro atoms. The fraction of sp³-hybridized carbons (Fsp3) is 0.833. The molecule has 1 heterocycles. The van der Waals surface area contributed by atoms with Gasteiger partial charge in [-0.15, -0.1) is 0 Å². The third-order valence-electron chi connectivity index (χ3n) is 3.25. The number of hydrogen-bond donors (Lipinski definition) is 1. The van der Waals surface area contributed by atoms with Crippen LogP contribution in [0, 0.1) is 5.92 Å². The van der Waals surface area contributed by atoms with Crippen molar-refractivity contribution in [1.29, 1.82) is 0 Å². The van der Waals surface area contributed by atoms with Crippen LogP contribution in [0.15, 0.2) is 0 Å². The minimum absolute atomic E-state index is 0.0300. The minimum Gasteiger partial charge on any atom is -0.481 e. The lowest BCUT2D eigenvalue weighted by Crippen LogP contribution is -2.38. The summed E-state index contributed by atoms with van der Waals surface area (Å²) in [5, 5.41) is 8.52. The van der Waals surface area contributed by atoms with E-state index < -0.39 is 5.97 Å². The number of rotatable bonds is 6. The quantitative estimate of drug-likeness (QED) is 0.759. The molecule has 0 aromatic rings. The summed E-state index contributed by atoms with van der Waals surface area (Å²) in [6.45, 7) is 2.29. The van der Waals surface area contributed by atoms with Gasteiger partial charge in [0.25, 0.3) is 0 Å². The molecule has 1 fully saturated rings. The molecule has 17 heavy (non-hydrogen) atoms. The summed E-state index contributed by atoms with van der Waals surface area (Å²) in [4.78, 5) is 23.8. The number of carbonyl (C=O) groups is 2. The first-order valence-corrected chi connectivity index (χ1v) is 6.12. The highest BCUT2D eigenvalue weighted by molar-refractivity contribution is 5.80. The van der Waals surface area contributed by atoms with Crippen LogP contribution in [-0.2, 0) is 14.3 Å². The van der Waals surface area contributed by atoms with Crippen molar-refractivity contribution < 1.29 is 19.4 Å². The van der Waals surface area contributed by atoms with Gasteiger partial charge in [0, 0.05) is 33.2 Å². The zero-order valence-corrected chi connectivity index (χ0v) is 10.4. The molecule has 5 nitrogen and oxygen atoms in total. The van der Waals surface area contributed by atoms with Crippen molar-refractivity contribution in [1.82, 2.24) is 4.90 Å². The molecular formula is C12H21NO4. The van der Waals surface area contributed by atoms with E-state index in [9.17, 15) is 9.59 Å². The fourth-order valence-corrected chi connectivity index (χ4v) is 2.13. The van der Waals surface area contributed by atoms with Crippen molar-refractivity contribution >= 4 is 11.9 Å². The Hall–Kier alpha value is -1.10. The van der Waals surface area contributed by atoms with E-state index in [2.05, 4.69) is 0 Å². The van der Waals surface area contributed by atoms with Crippen LogP contribution >= 0.6 is 0 Å². The van der Waals surface area contributed by atoms with Crippen LogP contribution in [0.25, 0.3) is 0 Å². The lowest BCUT2D eigenvalue weighted by Gasteiger charge is -2.32. The number of piperidine rings is 1. The molecule has 0 radical (unpaired) electrons.